The maximum Gasteiger partial charge on any atom is 0.261 e. The maximum atomic E-state index is 15.1. The Morgan fingerprint density at radius 1 is 0.949 bits per heavy atom. The van der Waals surface area contributed by atoms with Crippen molar-refractivity contribution in [1.29, 1.82) is 0 Å². The summed E-state index contributed by atoms with van der Waals surface area (Å²) in [5.74, 6) is -1.84. The quantitative estimate of drug-likeness (QED) is 0.395. The summed E-state index contributed by atoms with van der Waals surface area (Å²) in [7, 11) is 0. The minimum absolute atomic E-state index is 0.0371. The Balaban J connectivity index is 1.40. The molecule has 6 nitrogen and oxygen atoms in total. The van der Waals surface area contributed by atoms with Gasteiger partial charge in [0.25, 0.3) is 11.8 Å². The van der Waals surface area contributed by atoms with E-state index < -0.39 is 23.0 Å². The van der Waals surface area contributed by atoms with E-state index in [-0.39, 0.29) is 23.9 Å². The van der Waals surface area contributed by atoms with Gasteiger partial charge in [0.1, 0.15) is 11.6 Å². The van der Waals surface area contributed by atoms with E-state index in [9.17, 15) is 18.8 Å². The van der Waals surface area contributed by atoms with Crippen LogP contribution in [0.4, 0.5) is 20.2 Å². The van der Waals surface area contributed by atoms with E-state index >= 15 is 4.39 Å². The second kappa shape index (κ2) is 10.2. The van der Waals surface area contributed by atoms with Crippen LogP contribution in [0.2, 0.25) is 0 Å². The van der Waals surface area contributed by atoms with Crippen LogP contribution in [0, 0.1) is 25.5 Å². The van der Waals surface area contributed by atoms with Crippen LogP contribution in [0.3, 0.4) is 0 Å². The van der Waals surface area contributed by atoms with Crippen LogP contribution in [0.25, 0.3) is 0 Å². The fraction of sp³-hybridized carbons (Fsp3) is 0.300. The number of aryl methyl sites for hydroxylation is 1. The largest absolute Gasteiger partial charge is 0.339 e. The van der Waals surface area contributed by atoms with Crippen LogP contribution in [0.15, 0.2) is 53.0 Å². The minimum atomic E-state index is -0.587. The summed E-state index contributed by atoms with van der Waals surface area (Å²) in [6, 6.07) is 12.7. The number of hydrogen-bond donors (Lipinski definition) is 1. The molecule has 39 heavy (non-hydrogen) atoms. The van der Waals surface area contributed by atoms with Crippen LogP contribution in [0.1, 0.15) is 57.2 Å². The predicted octanol–water partition coefficient (Wildman–Crippen LogP) is 6.14. The first-order chi connectivity index (χ1) is 18.5. The van der Waals surface area contributed by atoms with Crippen LogP contribution < -0.4 is 10.2 Å². The number of halogens is 3. The molecule has 1 spiro atoms. The number of fused-ring (bicyclic) bond motifs is 2. The van der Waals surface area contributed by atoms with Gasteiger partial charge in [-0.3, -0.25) is 14.4 Å². The van der Waals surface area contributed by atoms with Gasteiger partial charge in [-0.25, -0.2) is 8.78 Å². The predicted molar refractivity (Wildman–Crippen MR) is 149 cm³/mol. The van der Waals surface area contributed by atoms with Crippen molar-refractivity contribution in [3.05, 3.63) is 92.5 Å². The molecule has 3 amide bonds. The summed E-state index contributed by atoms with van der Waals surface area (Å²) in [5, 5.41) is 2.75. The standard InChI is InChI=1S/C30H28BrF2N3O3/c1-17-4-5-20(14-25(17)34-19(3)37)28(38)35-12-10-30(11-13-35)16-36(26-9-6-21(32)15-23(26)30)29(39)22-7-8-24(31)18(2)27(22)33/h4-9,14-15H,10-13,16H2,1-3H3,(H,34,37). The number of hydrogen-bond acceptors (Lipinski definition) is 3. The highest BCUT2D eigenvalue weighted by Crippen LogP contribution is 2.48. The van der Waals surface area contributed by atoms with Crippen molar-refractivity contribution in [3.8, 4) is 0 Å². The van der Waals surface area contributed by atoms with Gasteiger partial charge in [-0.2, -0.15) is 0 Å². The highest BCUT2D eigenvalue weighted by Gasteiger charge is 2.47. The molecule has 0 bridgehead atoms. The maximum absolute atomic E-state index is 15.1. The van der Waals surface area contributed by atoms with Gasteiger partial charge in [0.2, 0.25) is 5.91 Å². The zero-order valence-corrected chi connectivity index (χ0v) is 23.5. The summed E-state index contributed by atoms with van der Waals surface area (Å²) < 4.78 is 30.1. The normalized spacial score (nSPS) is 15.8. The molecule has 2 aliphatic heterocycles. The lowest BCUT2D eigenvalue weighted by Gasteiger charge is -2.40. The molecular weight excluding hydrogens is 568 g/mol. The summed E-state index contributed by atoms with van der Waals surface area (Å²) >= 11 is 3.30. The third-order valence-corrected chi connectivity index (χ3v) is 8.74. The molecule has 202 valence electrons. The fourth-order valence-corrected chi connectivity index (χ4v) is 5.93. The molecule has 1 N–H and O–H groups in total. The van der Waals surface area contributed by atoms with Gasteiger partial charge in [0, 0.05) is 53.4 Å². The molecule has 0 unspecified atom stereocenters. The lowest BCUT2D eigenvalue weighted by atomic mass is 9.74. The van der Waals surface area contributed by atoms with Crippen molar-refractivity contribution in [2.45, 2.75) is 39.0 Å². The molecule has 9 heteroatoms. The molecule has 0 aromatic heterocycles. The third kappa shape index (κ3) is 4.84. The van der Waals surface area contributed by atoms with Crippen molar-refractivity contribution in [2.24, 2.45) is 0 Å². The Kier molecular flexibility index (Phi) is 7.05. The highest BCUT2D eigenvalue weighted by atomic mass is 79.9. The van der Waals surface area contributed by atoms with Crippen molar-refractivity contribution in [3.63, 3.8) is 0 Å². The molecule has 2 aliphatic rings. The molecule has 2 heterocycles. The molecule has 1 fully saturated rings. The van der Waals surface area contributed by atoms with Gasteiger partial charge in [0.05, 0.1) is 5.56 Å². The molecular formula is C30H28BrF2N3O3. The third-order valence-electron chi connectivity index (χ3n) is 7.88. The van der Waals surface area contributed by atoms with Crippen molar-refractivity contribution >= 4 is 45.0 Å². The highest BCUT2D eigenvalue weighted by molar-refractivity contribution is 9.10. The molecule has 0 radical (unpaired) electrons. The number of carbonyl (C=O) groups is 3. The number of nitrogens with one attached hydrogen (secondary N) is 1. The average molecular weight is 596 g/mol. The first kappa shape index (κ1) is 27.0. The first-order valence-corrected chi connectivity index (χ1v) is 13.5. The number of amides is 3. The topological polar surface area (TPSA) is 69.7 Å². The molecule has 5 rings (SSSR count). The Bertz CT molecular complexity index is 1520. The Labute approximate surface area is 234 Å². The lowest BCUT2D eigenvalue weighted by molar-refractivity contribution is -0.114. The summed E-state index contributed by atoms with van der Waals surface area (Å²) in [4.78, 5) is 41.8. The fourth-order valence-electron chi connectivity index (χ4n) is 5.62. The van der Waals surface area contributed by atoms with Crippen LogP contribution in [0.5, 0.6) is 0 Å². The van der Waals surface area contributed by atoms with Gasteiger partial charge in [-0.1, -0.05) is 22.0 Å². The van der Waals surface area contributed by atoms with E-state index in [1.165, 1.54) is 30.0 Å². The Morgan fingerprint density at radius 2 is 1.67 bits per heavy atom. The number of rotatable bonds is 3. The van der Waals surface area contributed by atoms with E-state index in [0.717, 1.165) is 5.56 Å². The number of anilines is 2. The van der Waals surface area contributed by atoms with Crippen molar-refractivity contribution in [1.82, 2.24) is 4.90 Å². The van der Waals surface area contributed by atoms with Gasteiger partial charge in [0.15, 0.2) is 0 Å². The van der Waals surface area contributed by atoms with Crippen molar-refractivity contribution in [2.75, 3.05) is 29.9 Å². The second-order valence-electron chi connectivity index (χ2n) is 10.4. The van der Waals surface area contributed by atoms with Gasteiger partial charge < -0.3 is 15.1 Å². The first-order valence-electron chi connectivity index (χ1n) is 12.7. The number of benzene rings is 3. The van der Waals surface area contributed by atoms with E-state index in [2.05, 4.69) is 21.2 Å². The van der Waals surface area contributed by atoms with E-state index in [4.69, 9.17) is 0 Å². The molecule has 1 saturated heterocycles. The molecule has 3 aromatic rings. The van der Waals surface area contributed by atoms with Crippen LogP contribution in [-0.4, -0.2) is 42.3 Å². The number of likely N-dealkylation sites (tertiary alicyclic amines) is 1. The SMILES string of the molecule is CC(=O)Nc1cc(C(=O)N2CCC3(CC2)CN(C(=O)c2ccc(Br)c(C)c2F)c2ccc(F)cc23)ccc1C. The zero-order chi connectivity index (χ0) is 28.1. The van der Waals surface area contributed by atoms with Gasteiger partial charge >= 0.3 is 0 Å². The second-order valence-corrected chi connectivity index (χ2v) is 11.2. The molecule has 0 saturated carbocycles. The van der Waals surface area contributed by atoms with Gasteiger partial charge in [-0.15, -0.1) is 0 Å². The number of piperidine rings is 1. The van der Waals surface area contributed by atoms with E-state index in [0.29, 0.717) is 58.5 Å². The van der Waals surface area contributed by atoms with E-state index in [1.54, 1.807) is 42.2 Å². The number of carbonyl (C=O) groups excluding carboxylic acids is 3. The van der Waals surface area contributed by atoms with E-state index in [1.807, 2.05) is 6.92 Å². The summed E-state index contributed by atoms with van der Waals surface area (Å²) in [6.07, 6.45) is 1.04. The lowest BCUT2D eigenvalue weighted by Crippen LogP contribution is -2.48. The monoisotopic (exact) mass is 595 g/mol. The summed E-state index contributed by atoms with van der Waals surface area (Å²) in [6.45, 7) is 5.97. The van der Waals surface area contributed by atoms with Crippen molar-refractivity contribution < 1.29 is 23.2 Å². The molecule has 3 aromatic carbocycles. The summed E-state index contributed by atoms with van der Waals surface area (Å²) in [5.41, 5.74) is 2.94. The van der Waals surface area contributed by atoms with Crippen LogP contribution >= 0.6 is 15.9 Å². The minimum Gasteiger partial charge on any atom is -0.339 e. The Morgan fingerprint density at radius 3 is 2.36 bits per heavy atom. The molecule has 0 atom stereocenters. The van der Waals surface area contributed by atoms with Crippen LogP contribution in [-0.2, 0) is 10.2 Å². The molecule has 0 aliphatic carbocycles. The number of nitrogens with zero attached hydrogens (tertiary/aromatic N) is 2. The zero-order valence-electron chi connectivity index (χ0n) is 21.9. The van der Waals surface area contributed by atoms with Gasteiger partial charge in [-0.05, 0) is 85.8 Å². The average Bonchev–Trinajstić information content (AvgIpc) is 3.21. The Hall–Kier alpha value is -3.59. The smallest absolute Gasteiger partial charge is 0.261 e.